The molecule has 0 fully saturated rings. The molecule has 4 aromatic rings. The number of rotatable bonds is 4. The molecule has 2 aromatic carbocycles. The maximum Gasteiger partial charge on any atom is 0.255 e. The van der Waals surface area contributed by atoms with Crippen molar-refractivity contribution in [3.05, 3.63) is 84.0 Å². The third-order valence-corrected chi connectivity index (χ3v) is 5.24. The summed E-state index contributed by atoms with van der Waals surface area (Å²) in [5.41, 5.74) is 3.74. The number of hydrogen-bond acceptors (Lipinski definition) is 5. The van der Waals surface area contributed by atoms with E-state index in [-0.39, 0.29) is 5.91 Å². The molecule has 0 saturated carbocycles. The van der Waals surface area contributed by atoms with E-state index >= 15 is 0 Å². The SMILES string of the molecule is COc1ccc(NC(=O)C2=C(C)Nc3nc4ccccc4n3C2c2ccco2)cc1. The Bertz CT molecular complexity index is 1250. The van der Waals surface area contributed by atoms with Crippen LogP contribution in [0.25, 0.3) is 11.0 Å². The molecule has 1 amide bonds. The zero-order valence-electron chi connectivity index (χ0n) is 16.5. The standard InChI is InChI=1S/C23H20N4O3/c1-14-20(22(28)25-15-9-11-16(29-2)12-10-15)21(19-8-5-13-30-19)27-18-7-4-3-6-17(18)26-23(27)24-14/h3-13,21H,1-2H3,(H,24,26)(H,25,28). The number of methoxy groups -OCH3 is 1. The first-order valence-electron chi connectivity index (χ1n) is 9.59. The predicted octanol–water partition coefficient (Wildman–Crippen LogP) is 4.57. The van der Waals surface area contributed by atoms with Crippen molar-refractivity contribution in [3.8, 4) is 5.75 Å². The number of nitrogens with one attached hydrogen (secondary N) is 2. The van der Waals surface area contributed by atoms with E-state index in [9.17, 15) is 4.79 Å². The molecule has 7 nitrogen and oxygen atoms in total. The predicted molar refractivity (Wildman–Crippen MR) is 115 cm³/mol. The molecule has 30 heavy (non-hydrogen) atoms. The Kier molecular flexibility index (Phi) is 4.28. The molecular weight excluding hydrogens is 380 g/mol. The fourth-order valence-corrected chi connectivity index (χ4v) is 3.85. The number of ether oxygens (including phenoxy) is 1. The van der Waals surface area contributed by atoms with Gasteiger partial charge in [0.1, 0.15) is 17.6 Å². The lowest BCUT2D eigenvalue weighted by Crippen LogP contribution is -2.30. The summed E-state index contributed by atoms with van der Waals surface area (Å²) in [4.78, 5) is 18.1. The Hall–Kier alpha value is -4.00. The number of furan rings is 1. The number of nitrogens with zero attached hydrogens (tertiary/aromatic N) is 2. The van der Waals surface area contributed by atoms with Gasteiger partial charge in [-0.15, -0.1) is 0 Å². The molecule has 150 valence electrons. The Morgan fingerprint density at radius 2 is 1.93 bits per heavy atom. The fraction of sp³-hybridized carbons (Fsp3) is 0.130. The average Bonchev–Trinajstić information content (AvgIpc) is 3.41. The van der Waals surface area contributed by atoms with E-state index in [4.69, 9.17) is 14.1 Å². The van der Waals surface area contributed by atoms with Gasteiger partial charge in [0.15, 0.2) is 0 Å². The first kappa shape index (κ1) is 18.1. The van der Waals surface area contributed by atoms with E-state index in [1.54, 1.807) is 13.4 Å². The second-order valence-electron chi connectivity index (χ2n) is 7.06. The van der Waals surface area contributed by atoms with Crippen molar-refractivity contribution in [1.82, 2.24) is 9.55 Å². The number of aromatic nitrogens is 2. The van der Waals surface area contributed by atoms with Gasteiger partial charge in [-0.3, -0.25) is 9.36 Å². The van der Waals surface area contributed by atoms with Crippen LogP contribution < -0.4 is 15.4 Å². The molecule has 0 saturated heterocycles. The molecule has 2 N–H and O–H groups in total. The van der Waals surface area contributed by atoms with Gasteiger partial charge < -0.3 is 19.8 Å². The molecule has 2 aromatic heterocycles. The van der Waals surface area contributed by atoms with Crippen molar-refractivity contribution < 1.29 is 13.9 Å². The zero-order chi connectivity index (χ0) is 20.7. The number of allylic oxidation sites excluding steroid dienone is 1. The van der Waals surface area contributed by atoms with Gasteiger partial charge in [-0.1, -0.05) is 12.1 Å². The summed E-state index contributed by atoms with van der Waals surface area (Å²) >= 11 is 0. The van der Waals surface area contributed by atoms with E-state index in [1.165, 1.54) is 0 Å². The van der Waals surface area contributed by atoms with E-state index in [0.29, 0.717) is 23.0 Å². The van der Waals surface area contributed by atoms with E-state index in [1.807, 2.05) is 72.2 Å². The largest absolute Gasteiger partial charge is 0.497 e. The summed E-state index contributed by atoms with van der Waals surface area (Å²) < 4.78 is 12.9. The number of carbonyl (C=O) groups excluding carboxylic acids is 1. The maximum absolute atomic E-state index is 13.4. The van der Waals surface area contributed by atoms with Gasteiger partial charge in [-0.05, 0) is 55.5 Å². The van der Waals surface area contributed by atoms with E-state index in [2.05, 4.69) is 10.6 Å². The fourth-order valence-electron chi connectivity index (χ4n) is 3.85. The van der Waals surface area contributed by atoms with Gasteiger partial charge in [0.25, 0.3) is 5.91 Å². The lowest BCUT2D eigenvalue weighted by Gasteiger charge is -2.29. The Morgan fingerprint density at radius 3 is 2.67 bits per heavy atom. The minimum atomic E-state index is -0.443. The number of imidazole rings is 1. The smallest absolute Gasteiger partial charge is 0.255 e. The van der Waals surface area contributed by atoms with Gasteiger partial charge >= 0.3 is 0 Å². The number of amides is 1. The van der Waals surface area contributed by atoms with Gasteiger partial charge in [-0.25, -0.2) is 4.98 Å². The summed E-state index contributed by atoms with van der Waals surface area (Å²) in [5.74, 6) is 1.86. The first-order valence-corrected chi connectivity index (χ1v) is 9.59. The molecule has 7 heteroatoms. The van der Waals surface area contributed by atoms with Crippen molar-refractivity contribution in [2.45, 2.75) is 13.0 Å². The van der Waals surface area contributed by atoms with Crippen LogP contribution in [0, 0.1) is 0 Å². The van der Waals surface area contributed by atoms with Crippen LogP contribution in [0.1, 0.15) is 18.7 Å². The van der Waals surface area contributed by atoms with Crippen LogP contribution in [-0.4, -0.2) is 22.6 Å². The van der Waals surface area contributed by atoms with Crippen molar-refractivity contribution in [2.24, 2.45) is 0 Å². The van der Waals surface area contributed by atoms with Crippen molar-refractivity contribution in [3.63, 3.8) is 0 Å². The Morgan fingerprint density at radius 1 is 1.13 bits per heavy atom. The molecule has 1 atom stereocenters. The average molecular weight is 400 g/mol. The van der Waals surface area contributed by atoms with Crippen LogP contribution in [0.5, 0.6) is 5.75 Å². The highest BCUT2D eigenvalue weighted by molar-refractivity contribution is 6.06. The van der Waals surface area contributed by atoms with E-state index < -0.39 is 6.04 Å². The molecule has 0 aliphatic carbocycles. The lowest BCUT2D eigenvalue weighted by molar-refractivity contribution is -0.113. The van der Waals surface area contributed by atoms with E-state index in [0.717, 1.165) is 22.5 Å². The summed E-state index contributed by atoms with van der Waals surface area (Å²) in [6, 6.07) is 18.3. The van der Waals surface area contributed by atoms with Crippen LogP contribution in [0.3, 0.4) is 0 Å². The minimum absolute atomic E-state index is 0.213. The Labute approximate surface area is 173 Å². The van der Waals surface area contributed by atoms with Crippen LogP contribution >= 0.6 is 0 Å². The monoisotopic (exact) mass is 400 g/mol. The second-order valence-corrected chi connectivity index (χ2v) is 7.06. The molecule has 1 aliphatic rings. The van der Waals surface area contributed by atoms with Gasteiger partial charge in [-0.2, -0.15) is 0 Å². The summed E-state index contributed by atoms with van der Waals surface area (Å²) in [7, 11) is 1.61. The van der Waals surface area contributed by atoms with Crippen LogP contribution in [-0.2, 0) is 4.79 Å². The number of hydrogen-bond donors (Lipinski definition) is 2. The molecule has 3 heterocycles. The van der Waals surface area contributed by atoms with Gasteiger partial charge in [0.2, 0.25) is 5.95 Å². The normalized spacial score (nSPS) is 15.6. The highest BCUT2D eigenvalue weighted by atomic mass is 16.5. The first-order chi connectivity index (χ1) is 14.7. The molecule has 0 radical (unpaired) electrons. The number of anilines is 2. The molecular formula is C23H20N4O3. The highest BCUT2D eigenvalue weighted by Crippen LogP contribution is 2.39. The second kappa shape index (κ2) is 7.11. The number of carbonyl (C=O) groups is 1. The van der Waals surface area contributed by atoms with Gasteiger partial charge in [0.05, 0.1) is 30.0 Å². The summed E-state index contributed by atoms with van der Waals surface area (Å²) in [5, 5.41) is 6.27. The summed E-state index contributed by atoms with van der Waals surface area (Å²) in [6.07, 6.45) is 1.62. The van der Waals surface area contributed by atoms with Crippen LogP contribution in [0.4, 0.5) is 11.6 Å². The lowest BCUT2D eigenvalue weighted by atomic mass is 9.99. The molecule has 5 rings (SSSR count). The minimum Gasteiger partial charge on any atom is -0.497 e. The van der Waals surface area contributed by atoms with Crippen molar-refractivity contribution in [1.29, 1.82) is 0 Å². The Balaban J connectivity index is 1.59. The third-order valence-electron chi connectivity index (χ3n) is 5.24. The van der Waals surface area contributed by atoms with Crippen LogP contribution in [0.2, 0.25) is 0 Å². The quantitative estimate of drug-likeness (QED) is 0.525. The van der Waals surface area contributed by atoms with Crippen molar-refractivity contribution >= 4 is 28.6 Å². The molecule has 0 bridgehead atoms. The third kappa shape index (κ3) is 2.91. The van der Waals surface area contributed by atoms with Crippen LogP contribution in [0.15, 0.2) is 82.6 Å². The van der Waals surface area contributed by atoms with Crippen molar-refractivity contribution in [2.75, 3.05) is 17.7 Å². The number of benzene rings is 2. The number of para-hydroxylation sites is 2. The molecule has 0 spiro atoms. The maximum atomic E-state index is 13.4. The number of fused-ring (bicyclic) bond motifs is 3. The van der Waals surface area contributed by atoms with Gasteiger partial charge in [0, 0.05) is 11.4 Å². The topological polar surface area (TPSA) is 81.3 Å². The molecule has 1 unspecified atom stereocenters. The molecule has 1 aliphatic heterocycles. The zero-order valence-corrected chi connectivity index (χ0v) is 16.5. The highest BCUT2D eigenvalue weighted by Gasteiger charge is 2.35. The summed E-state index contributed by atoms with van der Waals surface area (Å²) in [6.45, 7) is 1.88.